The van der Waals surface area contributed by atoms with E-state index in [2.05, 4.69) is 119 Å². The first-order valence-electron chi connectivity index (χ1n) is 12.1. The molecule has 0 saturated carbocycles. The maximum absolute atomic E-state index is 5.62. The Morgan fingerprint density at radius 1 is 0.429 bits per heavy atom. The number of benzene rings is 4. The van der Waals surface area contributed by atoms with Gasteiger partial charge in [-0.05, 0) is 73.5 Å². The van der Waals surface area contributed by atoms with Gasteiger partial charge in [0.1, 0.15) is 0 Å². The van der Waals surface area contributed by atoms with E-state index in [0.717, 1.165) is 25.9 Å². The van der Waals surface area contributed by atoms with Crippen LogP contribution >= 0.6 is 0 Å². The second kappa shape index (κ2) is 13.5. The third-order valence-electron chi connectivity index (χ3n) is 5.66. The summed E-state index contributed by atoms with van der Waals surface area (Å²) in [5.41, 5.74) is 4.76. The Morgan fingerprint density at radius 2 is 0.714 bits per heavy atom. The zero-order valence-corrected chi connectivity index (χ0v) is 20.0. The first-order chi connectivity index (χ1) is 17.4. The number of hydrogen-bond acceptors (Lipinski definition) is 3. The first-order valence-corrected chi connectivity index (χ1v) is 12.1. The van der Waals surface area contributed by atoms with Crippen LogP contribution in [0.5, 0.6) is 0 Å². The summed E-state index contributed by atoms with van der Waals surface area (Å²) in [6.07, 6.45) is 9.46. The van der Waals surface area contributed by atoms with Crippen LogP contribution in [0.3, 0.4) is 0 Å². The quantitative estimate of drug-likeness (QED) is 0.197. The molecule has 0 aliphatic rings. The summed E-state index contributed by atoms with van der Waals surface area (Å²) in [7, 11) is 0. The molecule has 0 spiro atoms. The topological polar surface area (TPSA) is 15.7 Å². The van der Waals surface area contributed by atoms with E-state index in [1.165, 1.54) is 22.7 Å². The highest BCUT2D eigenvalue weighted by atomic mass is 16.5. The van der Waals surface area contributed by atoms with Crippen molar-refractivity contribution >= 4 is 22.7 Å². The summed E-state index contributed by atoms with van der Waals surface area (Å²) < 4.78 is 5.62. The van der Waals surface area contributed by atoms with Crippen LogP contribution in [-0.2, 0) is 4.74 Å². The monoisotopic (exact) mass is 460 g/mol. The molecule has 0 atom stereocenters. The molecule has 0 saturated heterocycles. The Balaban J connectivity index is 1.25. The molecule has 0 aliphatic heterocycles. The number of para-hydroxylation sites is 4. The number of ether oxygens (including phenoxy) is 1. The normalized spacial score (nSPS) is 11.1. The lowest BCUT2D eigenvalue weighted by atomic mass is 10.2. The molecule has 0 aromatic heterocycles. The van der Waals surface area contributed by atoms with Crippen molar-refractivity contribution < 1.29 is 4.74 Å². The lowest BCUT2D eigenvalue weighted by Crippen LogP contribution is -2.17. The summed E-state index contributed by atoms with van der Waals surface area (Å²) in [6.45, 7) is 1.75. The van der Waals surface area contributed by atoms with E-state index >= 15 is 0 Å². The summed E-state index contributed by atoms with van der Waals surface area (Å²) in [5.74, 6) is 0. The van der Waals surface area contributed by atoms with Gasteiger partial charge in [-0.3, -0.25) is 0 Å². The van der Waals surface area contributed by atoms with E-state index in [0.29, 0.717) is 0 Å². The molecule has 4 aromatic carbocycles. The molecule has 176 valence electrons. The van der Waals surface area contributed by atoms with Crippen LogP contribution in [0, 0.1) is 0 Å². The fourth-order valence-corrected chi connectivity index (χ4v) is 3.95. The smallest absolute Gasteiger partial charge is 0.0862 e. The Labute approximate surface area is 209 Å². The minimum atomic E-state index is 0.876. The van der Waals surface area contributed by atoms with Crippen molar-refractivity contribution in [2.45, 2.75) is 12.8 Å². The largest absolute Gasteiger partial charge is 0.473 e. The second-order valence-corrected chi connectivity index (χ2v) is 8.10. The number of nitrogens with zero attached hydrogens (tertiary/aromatic N) is 2. The average Bonchev–Trinajstić information content (AvgIpc) is 2.94. The number of hydrogen-bond donors (Lipinski definition) is 0. The standard InChI is InChI=1S/C32H32N2O/c1-5-17-29(18-6-1)33(30-19-7-2-8-20-30)25-13-15-27-35-28-16-14-26-34(31-21-9-3-10-22-31)32-23-11-4-12-24-32/h1-12,15-24,27-28H,13-14,25-26H2. The third-order valence-corrected chi connectivity index (χ3v) is 5.66. The van der Waals surface area contributed by atoms with Crippen LogP contribution in [-0.4, -0.2) is 13.1 Å². The maximum atomic E-state index is 5.62. The van der Waals surface area contributed by atoms with Crippen molar-refractivity contribution in [3.63, 3.8) is 0 Å². The van der Waals surface area contributed by atoms with Crippen LogP contribution in [0.1, 0.15) is 12.8 Å². The molecular weight excluding hydrogens is 428 g/mol. The molecular formula is C32H32N2O. The Bertz CT molecular complexity index is 985. The molecule has 35 heavy (non-hydrogen) atoms. The summed E-state index contributed by atoms with van der Waals surface area (Å²) in [6, 6.07) is 41.9. The predicted octanol–water partition coefficient (Wildman–Crippen LogP) is 8.49. The number of rotatable bonds is 12. The van der Waals surface area contributed by atoms with E-state index in [-0.39, 0.29) is 0 Å². The second-order valence-electron chi connectivity index (χ2n) is 8.10. The van der Waals surface area contributed by atoms with Gasteiger partial charge < -0.3 is 14.5 Å². The Kier molecular flexibility index (Phi) is 9.19. The van der Waals surface area contributed by atoms with E-state index in [9.17, 15) is 0 Å². The van der Waals surface area contributed by atoms with Crippen molar-refractivity contribution in [1.29, 1.82) is 0 Å². The minimum Gasteiger partial charge on any atom is -0.473 e. The van der Waals surface area contributed by atoms with Gasteiger partial charge in [0.15, 0.2) is 0 Å². The lowest BCUT2D eigenvalue weighted by Gasteiger charge is -2.24. The molecule has 0 unspecified atom stereocenters. The van der Waals surface area contributed by atoms with Gasteiger partial charge in [-0.25, -0.2) is 0 Å². The minimum absolute atomic E-state index is 0.876. The lowest BCUT2D eigenvalue weighted by molar-refractivity contribution is 0.399. The van der Waals surface area contributed by atoms with Crippen molar-refractivity contribution in [3.05, 3.63) is 146 Å². The number of anilines is 4. The molecule has 0 N–H and O–H groups in total. The molecule has 4 aromatic rings. The van der Waals surface area contributed by atoms with E-state index in [1.807, 2.05) is 24.3 Å². The Morgan fingerprint density at radius 3 is 1.00 bits per heavy atom. The van der Waals surface area contributed by atoms with Crippen molar-refractivity contribution in [3.8, 4) is 0 Å². The van der Waals surface area contributed by atoms with Gasteiger partial charge in [0.25, 0.3) is 0 Å². The molecule has 4 rings (SSSR count). The van der Waals surface area contributed by atoms with E-state index < -0.39 is 0 Å². The fraction of sp³-hybridized carbons (Fsp3) is 0.125. The fourth-order valence-electron chi connectivity index (χ4n) is 3.95. The summed E-state index contributed by atoms with van der Waals surface area (Å²) in [4.78, 5) is 4.64. The molecule has 0 bridgehead atoms. The maximum Gasteiger partial charge on any atom is 0.0862 e. The molecule has 0 amide bonds. The van der Waals surface area contributed by atoms with Gasteiger partial charge in [0.2, 0.25) is 0 Å². The van der Waals surface area contributed by atoms with Crippen LogP contribution in [0.15, 0.2) is 146 Å². The highest BCUT2D eigenvalue weighted by molar-refractivity contribution is 5.63. The van der Waals surface area contributed by atoms with Crippen molar-refractivity contribution in [1.82, 2.24) is 0 Å². The highest BCUT2D eigenvalue weighted by Crippen LogP contribution is 2.26. The molecule has 0 aliphatic carbocycles. The zero-order chi connectivity index (χ0) is 24.0. The van der Waals surface area contributed by atoms with Gasteiger partial charge in [0, 0.05) is 35.8 Å². The van der Waals surface area contributed by atoms with Gasteiger partial charge in [-0.1, -0.05) is 72.8 Å². The van der Waals surface area contributed by atoms with E-state index in [4.69, 9.17) is 4.74 Å². The van der Waals surface area contributed by atoms with Crippen molar-refractivity contribution in [2.24, 2.45) is 0 Å². The molecule has 0 fully saturated rings. The highest BCUT2D eigenvalue weighted by Gasteiger charge is 2.08. The van der Waals surface area contributed by atoms with Crippen molar-refractivity contribution in [2.75, 3.05) is 22.9 Å². The molecule has 3 nitrogen and oxygen atoms in total. The van der Waals surface area contributed by atoms with Crippen LogP contribution in [0.25, 0.3) is 0 Å². The molecule has 0 heterocycles. The first kappa shape index (κ1) is 23.9. The summed E-state index contributed by atoms with van der Waals surface area (Å²) in [5, 5.41) is 0. The zero-order valence-electron chi connectivity index (χ0n) is 20.0. The molecule has 3 heteroatoms. The van der Waals surface area contributed by atoms with Gasteiger partial charge >= 0.3 is 0 Å². The van der Waals surface area contributed by atoms with Gasteiger partial charge in [-0.2, -0.15) is 0 Å². The SMILES string of the molecule is C(=COC=CCCN(c1ccccc1)c1ccccc1)CCN(c1ccccc1)c1ccccc1. The predicted molar refractivity (Wildman–Crippen MR) is 148 cm³/mol. The molecule has 0 radical (unpaired) electrons. The van der Waals surface area contributed by atoms with Crippen LogP contribution in [0.4, 0.5) is 22.7 Å². The third kappa shape index (κ3) is 7.38. The van der Waals surface area contributed by atoms with Gasteiger partial charge in [0.05, 0.1) is 12.5 Å². The van der Waals surface area contributed by atoms with Crippen LogP contribution < -0.4 is 9.80 Å². The van der Waals surface area contributed by atoms with Gasteiger partial charge in [-0.15, -0.1) is 0 Å². The Hall–Kier alpha value is -4.24. The van der Waals surface area contributed by atoms with Crippen LogP contribution in [0.2, 0.25) is 0 Å². The summed E-state index contributed by atoms with van der Waals surface area (Å²) >= 11 is 0. The van der Waals surface area contributed by atoms with E-state index in [1.54, 1.807) is 12.5 Å². The average molecular weight is 461 g/mol.